The summed E-state index contributed by atoms with van der Waals surface area (Å²) >= 11 is 0. The average Bonchev–Trinajstić information content (AvgIpc) is 2.33. The van der Waals surface area contributed by atoms with Crippen molar-refractivity contribution in [3.63, 3.8) is 0 Å². The zero-order valence-electron chi connectivity index (χ0n) is 11.6. The smallest absolute Gasteiger partial charge is 0.241 e. The Kier molecular flexibility index (Phi) is 4.17. The van der Waals surface area contributed by atoms with Crippen LogP contribution in [0.3, 0.4) is 0 Å². The van der Waals surface area contributed by atoms with Crippen LogP contribution < -0.4 is 10.6 Å². The first-order valence-electron chi connectivity index (χ1n) is 6.83. The Bertz CT molecular complexity index is 441. The van der Waals surface area contributed by atoms with Crippen molar-refractivity contribution in [3.8, 4) is 0 Å². The number of nitrogens with one attached hydrogen (secondary N) is 2. The van der Waals surface area contributed by atoms with E-state index in [-0.39, 0.29) is 17.6 Å². The van der Waals surface area contributed by atoms with Gasteiger partial charge in [-0.1, -0.05) is 0 Å². The van der Waals surface area contributed by atoms with E-state index in [2.05, 4.69) is 10.6 Å². The van der Waals surface area contributed by atoms with Crippen molar-refractivity contribution in [1.82, 2.24) is 14.9 Å². The first kappa shape index (κ1) is 14.7. The lowest BCUT2D eigenvalue weighted by Gasteiger charge is -2.40. The molecule has 0 saturated carbocycles. The third-order valence-electron chi connectivity index (χ3n) is 4.02. The molecule has 1 amide bonds. The lowest BCUT2D eigenvalue weighted by Crippen LogP contribution is -2.63. The van der Waals surface area contributed by atoms with Crippen LogP contribution in [0.15, 0.2) is 0 Å². The summed E-state index contributed by atoms with van der Waals surface area (Å²) in [5.74, 6) is 0.144. The Morgan fingerprint density at radius 2 is 1.89 bits per heavy atom. The van der Waals surface area contributed by atoms with Gasteiger partial charge in [0.1, 0.15) is 5.54 Å². The van der Waals surface area contributed by atoms with E-state index < -0.39 is 15.6 Å². The lowest BCUT2D eigenvalue weighted by atomic mass is 10.0. The number of piperazine rings is 1. The normalized spacial score (nSPS) is 26.1. The fraction of sp³-hybridized carbons (Fsp3) is 0.917. The van der Waals surface area contributed by atoms with Gasteiger partial charge in [0.25, 0.3) is 0 Å². The van der Waals surface area contributed by atoms with Gasteiger partial charge >= 0.3 is 0 Å². The molecule has 2 rings (SSSR count). The number of sulfonamides is 1. The minimum atomic E-state index is -3.38. The van der Waals surface area contributed by atoms with E-state index in [0.717, 1.165) is 25.9 Å². The Hall–Kier alpha value is -0.660. The number of hydrogen-bond donors (Lipinski definition) is 2. The van der Waals surface area contributed by atoms with Gasteiger partial charge in [-0.05, 0) is 45.7 Å². The number of carbonyl (C=O) groups excluding carboxylic acids is 1. The van der Waals surface area contributed by atoms with Gasteiger partial charge in [-0.2, -0.15) is 4.31 Å². The van der Waals surface area contributed by atoms with Crippen LogP contribution >= 0.6 is 0 Å². The predicted molar refractivity (Wildman–Crippen MR) is 73.2 cm³/mol. The minimum Gasteiger partial charge on any atom is -0.353 e. The molecule has 0 aromatic rings. The molecule has 0 atom stereocenters. The number of hydrogen-bond acceptors (Lipinski definition) is 4. The first-order valence-corrected chi connectivity index (χ1v) is 8.44. The number of rotatable bonds is 3. The van der Waals surface area contributed by atoms with Crippen molar-refractivity contribution in [2.24, 2.45) is 5.92 Å². The predicted octanol–water partition coefficient (Wildman–Crippen LogP) is -0.474. The van der Waals surface area contributed by atoms with Crippen LogP contribution in [0.1, 0.15) is 26.7 Å². The van der Waals surface area contributed by atoms with Gasteiger partial charge < -0.3 is 10.6 Å². The van der Waals surface area contributed by atoms with Crippen LogP contribution in [-0.4, -0.2) is 56.1 Å². The second kappa shape index (κ2) is 5.38. The summed E-state index contributed by atoms with van der Waals surface area (Å²) in [7, 11) is -3.38. The van der Waals surface area contributed by atoms with Crippen molar-refractivity contribution >= 4 is 15.9 Å². The maximum Gasteiger partial charge on any atom is 0.241 e. The molecule has 2 aliphatic rings. The van der Waals surface area contributed by atoms with Crippen molar-refractivity contribution in [1.29, 1.82) is 0 Å². The second-order valence-corrected chi connectivity index (χ2v) is 7.80. The molecule has 0 aromatic heterocycles. The third kappa shape index (κ3) is 3.09. The number of piperidine rings is 1. The van der Waals surface area contributed by atoms with Crippen LogP contribution in [0.5, 0.6) is 0 Å². The van der Waals surface area contributed by atoms with Gasteiger partial charge in [-0.25, -0.2) is 8.42 Å². The number of amides is 1. The molecule has 0 unspecified atom stereocenters. The molecule has 2 aliphatic heterocycles. The second-order valence-electron chi connectivity index (χ2n) is 5.86. The summed E-state index contributed by atoms with van der Waals surface area (Å²) in [6, 6.07) is 0. The van der Waals surface area contributed by atoms with Crippen molar-refractivity contribution in [3.05, 3.63) is 0 Å². The van der Waals surface area contributed by atoms with Crippen LogP contribution in [-0.2, 0) is 14.8 Å². The fourth-order valence-electron chi connectivity index (χ4n) is 2.80. The summed E-state index contributed by atoms with van der Waals surface area (Å²) in [5, 5.41) is 5.95. The highest BCUT2D eigenvalue weighted by Gasteiger charge is 2.44. The van der Waals surface area contributed by atoms with Crippen LogP contribution in [0.2, 0.25) is 0 Å². The molecule has 110 valence electrons. The molecule has 6 nitrogen and oxygen atoms in total. The first-order chi connectivity index (χ1) is 8.84. The van der Waals surface area contributed by atoms with Gasteiger partial charge in [0, 0.05) is 13.1 Å². The summed E-state index contributed by atoms with van der Waals surface area (Å²) < 4.78 is 26.5. The fourth-order valence-corrected chi connectivity index (χ4v) is 5.06. The molecule has 7 heteroatoms. The lowest BCUT2D eigenvalue weighted by molar-refractivity contribution is -0.131. The molecule has 2 saturated heterocycles. The maximum absolute atomic E-state index is 12.5. The molecule has 0 radical (unpaired) electrons. The zero-order valence-corrected chi connectivity index (χ0v) is 12.4. The molecule has 0 bridgehead atoms. The summed E-state index contributed by atoms with van der Waals surface area (Å²) in [4.78, 5) is 11.8. The molecule has 2 heterocycles. The average molecular weight is 289 g/mol. The van der Waals surface area contributed by atoms with E-state index in [1.165, 1.54) is 4.31 Å². The van der Waals surface area contributed by atoms with Gasteiger partial charge in [-0.15, -0.1) is 0 Å². The molecule has 2 fully saturated rings. The van der Waals surface area contributed by atoms with E-state index >= 15 is 0 Å². The Morgan fingerprint density at radius 1 is 1.26 bits per heavy atom. The molecule has 19 heavy (non-hydrogen) atoms. The number of carbonyl (C=O) groups is 1. The van der Waals surface area contributed by atoms with Gasteiger partial charge in [-0.3, -0.25) is 4.79 Å². The molecule has 0 aromatic carbocycles. The van der Waals surface area contributed by atoms with E-state index in [1.807, 2.05) is 0 Å². The quantitative estimate of drug-likeness (QED) is 0.736. The SMILES string of the molecule is CC1(C)C(=O)NCCN1S(=O)(=O)CC1CCNCC1. The Balaban J connectivity index is 2.11. The van der Waals surface area contributed by atoms with Gasteiger partial charge in [0.2, 0.25) is 15.9 Å². The van der Waals surface area contributed by atoms with Gasteiger partial charge in [0.05, 0.1) is 5.75 Å². The highest BCUT2D eigenvalue weighted by atomic mass is 32.2. The standard InChI is InChI=1S/C12H23N3O3S/c1-12(2)11(16)14-7-8-15(12)19(17,18)9-10-3-5-13-6-4-10/h10,13H,3-9H2,1-2H3,(H,14,16). The number of nitrogens with zero attached hydrogens (tertiary/aromatic N) is 1. The topological polar surface area (TPSA) is 78.5 Å². The van der Waals surface area contributed by atoms with E-state index in [9.17, 15) is 13.2 Å². The third-order valence-corrected chi connectivity index (χ3v) is 6.22. The zero-order chi connectivity index (χ0) is 14.1. The Morgan fingerprint density at radius 3 is 2.53 bits per heavy atom. The summed E-state index contributed by atoms with van der Waals surface area (Å²) in [6.45, 7) is 5.86. The molecular formula is C12H23N3O3S. The molecule has 2 N–H and O–H groups in total. The highest BCUT2D eigenvalue weighted by molar-refractivity contribution is 7.89. The van der Waals surface area contributed by atoms with Crippen LogP contribution in [0.25, 0.3) is 0 Å². The molecular weight excluding hydrogens is 266 g/mol. The largest absolute Gasteiger partial charge is 0.353 e. The summed E-state index contributed by atoms with van der Waals surface area (Å²) in [6.07, 6.45) is 1.78. The van der Waals surface area contributed by atoms with E-state index in [0.29, 0.717) is 13.1 Å². The minimum absolute atomic E-state index is 0.158. The molecule has 0 spiro atoms. The summed E-state index contributed by atoms with van der Waals surface area (Å²) in [5.41, 5.74) is -0.982. The van der Waals surface area contributed by atoms with Crippen molar-refractivity contribution in [2.45, 2.75) is 32.2 Å². The van der Waals surface area contributed by atoms with Gasteiger partial charge in [0.15, 0.2) is 0 Å². The van der Waals surface area contributed by atoms with Crippen LogP contribution in [0, 0.1) is 5.92 Å². The monoisotopic (exact) mass is 289 g/mol. The maximum atomic E-state index is 12.5. The highest BCUT2D eigenvalue weighted by Crippen LogP contribution is 2.25. The molecule has 0 aliphatic carbocycles. The van der Waals surface area contributed by atoms with Crippen molar-refractivity contribution < 1.29 is 13.2 Å². The van der Waals surface area contributed by atoms with Crippen molar-refractivity contribution in [2.75, 3.05) is 31.9 Å². The van der Waals surface area contributed by atoms with E-state index in [1.54, 1.807) is 13.8 Å². The van der Waals surface area contributed by atoms with E-state index in [4.69, 9.17) is 0 Å². The Labute approximate surface area is 115 Å². The van der Waals surface area contributed by atoms with Crippen LogP contribution in [0.4, 0.5) is 0 Å².